The van der Waals surface area contributed by atoms with Crippen molar-refractivity contribution in [3.8, 4) is 5.75 Å². The molecule has 1 aromatic rings. The SMILES string of the molecule is CC(C)C[C@H](NC(=O)[C@H](CCC(=O)O)NC(=O)[C@H](CS)NC(=O)[C@@H](N)CS)C(=O)N[C@@H](CS)C(=O)N[C@@H](CS)C(=O)N[C@@H](CC(N)=O)C(=O)N1CCC[C@H]1C(=O)N[C@@H](CCC(N)=O)C(=O)N[C@@H](CS)C(=O)N[C@H](C(=O)NCC(=O)N[C@@H](CS)C(=O)N[C@@H](Cc1ccc(O)cc1)C(=O)O)[C@@H](C)O. The maximum Gasteiger partial charge on any atom is 0.326 e. The first-order chi connectivity index (χ1) is 47.4. The molecule has 1 aliphatic rings. The number of hydrogen-bond donors (Lipinski definition) is 25. The van der Waals surface area contributed by atoms with E-state index in [0.717, 1.165) is 11.8 Å². The van der Waals surface area contributed by atoms with Crippen LogP contribution in [0.1, 0.15) is 77.7 Å². The predicted molar refractivity (Wildman–Crippen MR) is 380 cm³/mol. The number of carbonyl (C=O) groups is 17. The van der Waals surface area contributed by atoms with E-state index in [1.807, 2.05) is 0 Å². The molecule has 1 aromatic carbocycles. The highest BCUT2D eigenvalue weighted by Crippen LogP contribution is 2.21. The van der Waals surface area contributed by atoms with Gasteiger partial charge in [0, 0.05) is 60.3 Å². The Labute approximate surface area is 613 Å². The zero-order valence-electron chi connectivity index (χ0n) is 55.1. The summed E-state index contributed by atoms with van der Waals surface area (Å²) < 4.78 is 0. The van der Waals surface area contributed by atoms with Gasteiger partial charge in [-0.15, -0.1) is 0 Å². The van der Waals surface area contributed by atoms with Gasteiger partial charge in [0.15, 0.2) is 0 Å². The van der Waals surface area contributed by atoms with Gasteiger partial charge in [-0.1, -0.05) is 26.0 Å². The van der Waals surface area contributed by atoms with Gasteiger partial charge in [-0.3, -0.25) is 76.7 Å². The van der Waals surface area contributed by atoms with Gasteiger partial charge in [-0.2, -0.15) is 75.8 Å². The number of thiol groups is 6. The molecule has 0 aliphatic carbocycles. The second-order valence-electron chi connectivity index (χ2n) is 23.5. The molecule has 1 heterocycles. The third kappa shape index (κ3) is 31.0. The van der Waals surface area contributed by atoms with Crippen molar-refractivity contribution in [2.24, 2.45) is 23.1 Å². The van der Waals surface area contributed by atoms with Crippen molar-refractivity contribution in [3.05, 3.63) is 29.8 Å². The number of likely N-dealkylation sites (tertiary alicyclic amines) is 1. The molecular weight excluding hydrogens is 1450 g/mol. The van der Waals surface area contributed by atoms with Crippen LogP contribution < -0.4 is 81.0 Å². The Kier molecular flexibility index (Phi) is 39.8. The summed E-state index contributed by atoms with van der Waals surface area (Å²) in [7, 11) is 0. The maximum absolute atomic E-state index is 14.3. The van der Waals surface area contributed by atoms with Gasteiger partial charge in [-0.05, 0) is 62.6 Å². The van der Waals surface area contributed by atoms with E-state index in [4.69, 9.17) is 17.2 Å². The van der Waals surface area contributed by atoms with Crippen LogP contribution in [0.3, 0.4) is 0 Å². The van der Waals surface area contributed by atoms with Crippen LogP contribution >= 0.6 is 75.8 Å². The molecule has 37 nitrogen and oxygen atoms in total. The largest absolute Gasteiger partial charge is 0.508 e. The fraction of sp³-hybridized carbons (Fsp3) is 0.603. The Balaban J connectivity index is 2.24. The van der Waals surface area contributed by atoms with Gasteiger partial charge >= 0.3 is 11.9 Å². The third-order valence-electron chi connectivity index (χ3n) is 14.9. The molecule has 15 amide bonds. The number of carboxylic acid groups (broad SMARTS) is 2. The Hall–Kier alpha value is -7.97. The number of nitrogens with one attached hydrogen (secondary N) is 12. The van der Waals surface area contributed by atoms with Crippen LogP contribution in [0, 0.1) is 5.92 Å². The molecule has 564 valence electrons. The van der Waals surface area contributed by atoms with Crippen LogP contribution in [0.15, 0.2) is 24.3 Å². The average molecular weight is 1540 g/mol. The summed E-state index contributed by atoms with van der Waals surface area (Å²) in [5, 5.41) is 67.3. The van der Waals surface area contributed by atoms with Crippen LogP contribution in [0.5, 0.6) is 5.75 Å². The molecule has 22 N–H and O–H groups in total. The Morgan fingerprint density at radius 3 is 1.37 bits per heavy atom. The van der Waals surface area contributed by atoms with Gasteiger partial charge in [0.2, 0.25) is 88.6 Å². The van der Waals surface area contributed by atoms with Gasteiger partial charge in [0.1, 0.15) is 78.3 Å². The lowest BCUT2D eigenvalue weighted by molar-refractivity contribution is -0.143. The van der Waals surface area contributed by atoms with Crippen LogP contribution in [0.4, 0.5) is 0 Å². The molecule has 1 saturated heterocycles. The van der Waals surface area contributed by atoms with Crippen molar-refractivity contribution in [3.63, 3.8) is 0 Å². The number of carbonyl (C=O) groups excluding carboxylic acids is 15. The zero-order chi connectivity index (χ0) is 76.5. The number of amides is 15. The van der Waals surface area contributed by atoms with Crippen molar-refractivity contribution in [1.29, 1.82) is 0 Å². The van der Waals surface area contributed by atoms with E-state index in [1.54, 1.807) is 13.8 Å². The van der Waals surface area contributed by atoms with Crippen molar-refractivity contribution >= 4 is 176 Å². The summed E-state index contributed by atoms with van der Waals surface area (Å²) in [5.41, 5.74) is 17.0. The zero-order valence-corrected chi connectivity index (χ0v) is 60.4. The van der Waals surface area contributed by atoms with Crippen molar-refractivity contribution < 1.29 is 102 Å². The highest BCUT2D eigenvalue weighted by atomic mass is 32.1. The molecule has 1 aliphatic heterocycles. The number of phenols is 1. The molecule has 0 unspecified atom stereocenters. The molecule has 0 saturated carbocycles. The number of nitrogens with zero attached hydrogens (tertiary/aromatic N) is 1. The van der Waals surface area contributed by atoms with E-state index in [2.05, 4.69) is 140 Å². The number of benzene rings is 1. The summed E-state index contributed by atoms with van der Waals surface area (Å²) in [5.74, 6) is -20.7. The second kappa shape index (κ2) is 45.1. The number of hydrogen-bond acceptors (Lipinski definition) is 26. The van der Waals surface area contributed by atoms with Crippen molar-refractivity contribution in [2.45, 2.75) is 163 Å². The normalized spacial score (nSPS) is 16.4. The fourth-order valence-electron chi connectivity index (χ4n) is 9.46. The smallest absolute Gasteiger partial charge is 0.326 e. The number of carboxylic acids is 2. The topological polar surface area (TPSA) is 597 Å². The van der Waals surface area contributed by atoms with Crippen LogP contribution in [0.2, 0.25) is 0 Å². The van der Waals surface area contributed by atoms with Crippen LogP contribution in [-0.4, -0.2) is 258 Å². The van der Waals surface area contributed by atoms with Crippen molar-refractivity contribution in [1.82, 2.24) is 68.7 Å². The van der Waals surface area contributed by atoms with Gasteiger partial charge in [0.25, 0.3) is 0 Å². The minimum Gasteiger partial charge on any atom is -0.508 e. The quantitative estimate of drug-likeness (QED) is 0.0270. The number of rotatable bonds is 45. The Morgan fingerprint density at radius 1 is 0.505 bits per heavy atom. The maximum atomic E-state index is 14.3. The highest BCUT2D eigenvalue weighted by molar-refractivity contribution is 7.81. The lowest BCUT2D eigenvalue weighted by atomic mass is 10.0. The van der Waals surface area contributed by atoms with Gasteiger partial charge in [-0.25, -0.2) is 4.79 Å². The lowest BCUT2D eigenvalue weighted by Gasteiger charge is -2.30. The molecule has 14 atom stereocenters. The molecule has 2 rings (SSSR count). The Bertz CT molecular complexity index is 3130. The van der Waals surface area contributed by atoms with Crippen LogP contribution in [0.25, 0.3) is 0 Å². The molecule has 1 fully saturated rings. The molecule has 0 bridgehead atoms. The van der Waals surface area contributed by atoms with Gasteiger partial charge < -0.3 is 106 Å². The summed E-state index contributed by atoms with van der Waals surface area (Å²) in [6.45, 7) is 3.43. The van der Waals surface area contributed by atoms with E-state index < -0.39 is 241 Å². The summed E-state index contributed by atoms with van der Waals surface area (Å²) in [4.78, 5) is 225. The first-order valence-electron chi connectivity index (χ1n) is 31.2. The third-order valence-corrected chi connectivity index (χ3v) is 17.1. The summed E-state index contributed by atoms with van der Waals surface area (Å²) in [6.07, 6.45) is -4.91. The predicted octanol–water partition coefficient (Wildman–Crippen LogP) is -8.20. The number of aliphatic hydroxyl groups is 1. The minimum absolute atomic E-state index is 0.0763. The average Bonchev–Trinajstić information content (AvgIpc) is 1.74. The van der Waals surface area contributed by atoms with E-state index in [0.29, 0.717) is 5.56 Å². The fourth-order valence-corrected chi connectivity index (χ4v) is 10.9. The molecule has 0 aromatic heterocycles. The number of primary amides is 2. The molecule has 43 heteroatoms. The first kappa shape index (κ1) is 89.1. The molecule has 0 radical (unpaired) electrons. The van der Waals surface area contributed by atoms with E-state index in [9.17, 15) is 102 Å². The van der Waals surface area contributed by atoms with E-state index >= 15 is 0 Å². The van der Waals surface area contributed by atoms with Crippen molar-refractivity contribution in [2.75, 3.05) is 47.6 Å². The molecular formula is C58H90N16O21S6. The number of aliphatic carboxylic acids is 2. The monoisotopic (exact) mass is 1540 g/mol. The number of phenolic OH excluding ortho intramolecular Hbond substituents is 1. The standard InChI is InChI=1S/C58H90N16O21S6/c1-25(2)15-32(66-47(83)31(11-13-44(80)81)64-51(87)36(21-98)69-46(82)29(59)19-96)49(85)71-38(23-100)53(89)72-37(22-99)52(88)67-33(17-42(61)78)57(93)74-14-4-5-40(74)55(91)65-30(10-12-41(60)77)48(84)70-39(24-101)54(90)73-45(26(3)75)56(92)62-18-43(79)63-35(20-97)50(86)68-34(58(94)95)16-27-6-8-28(76)9-7-27/h6-9,25-26,29-40,45,75-76,96-101H,4-5,10-24,59H2,1-3H3,(H2,60,77)(H2,61,78)(H,62,92)(H,63,79)(H,64,87)(H,65,91)(H,66,83)(H,67,88)(H,68,86)(H,69,82)(H,70,84)(H,71,85)(H,72,89)(H,73,90)(H,80,81)(H,94,95)/t26-,29+,30+,31+,32+,33+,34+,35+,36+,37+,38+,39+,40+,45+/m1/s1. The van der Waals surface area contributed by atoms with Gasteiger partial charge in [0.05, 0.1) is 25.1 Å². The van der Waals surface area contributed by atoms with Crippen LogP contribution in [-0.2, 0) is 87.9 Å². The van der Waals surface area contributed by atoms with E-state index in [-0.39, 0.29) is 61.2 Å². The summed E-state index contributed by atoms with van der Waals surface area (Å²) in [6, 6.07) is -14.5. The highest BCUT2D eigenvalue weighted by Gasteiger charge is 2.42. The summed E-state index contributed by atoms with van der Waals surface area (Å²) >= 11 is 24.6. The number of nitrogens with two attached hydrogens (primary N) is 3. The Morgan fingerprint density at radius 2 is 0.921 bits per heavy atom. The number of aromatic hydroxyl groups is 1. The molecule has 101 heavy (non-hydrogen) atoms. The minimum atomic E-state index is -1.82. The lowest BCUT2D eigenvalue weighted by Crippen LogP contribution is -2.61. The molecule has 0 spiro atoms. The van der Waals surface area contributed by atoms with E-state index in [1.165, 1.54) is 24.3 Å². The number of aliphatic hydroxyl groups excluding tert-OH is 1. The first-order valence-corrected chi connectivity index (χ1v) is 35.0. The second-order valence-corrected chi connectivity index (χ2v) is 25.6.